The standard InChI is InChI=1S/C55H37NO/c1-4-16-38(17-5-1)39-30-32-43(33-31-39)56(45-34-35-52-49(37-45)54-46(26-15-29-53(54)57-52)40-18-6-2-7-19-40)44-23-14-22-42(36-44)55(41-20-8-3-9-21-41)50-27-12-10-24-47(50)48-25-11-13-28-51(48)55/h1-37H. The van der Waals surface area contributed by atoms with E-state index in [-0.39, 0.29) is 0 Å². The molecule has 1 aliphatic rings. The molecule has 0 spiro atoms. The molecule has 1 aromatic heterocycles. The summed E-state index contributed by atoms with van der Waals surface area (Å²) in [6.45, 7) is 0. The van der Waals surface area contributed by atoms with Gasteiger partial charge in [0, 0.05) is 27.8 Å². The van der Waals surface area contributed by atoms with Crippen molar-refractivity contribution in [1.82, 2.24) is 0 Å². The summed E-state index contributed by atoms with van der Waals surface area (Å²) < 4.78 is 6.52. The lowest BCUT2D eigenvalue weighted by atomic mass is 9.67. The van der Waals surface area contributed by atoms with Crippen molar-refractivity contribution in [2.24, 2.45) is 0 Å². The summed E-state index contributed by atoms with van der Waals surface area (Å²) in [5, 5.41) is 2.21. The Balaban J connectivity index is 1.15. The highest BCUT2D eigenvalue weighted by atomic mass is 16.3. The topological polar surface area (TPSA) is 16.4 Å². The molecule has 0 fully saturated rings. The molecule has 2 nitrogen and oxygen atoms in total. The van der Waals surface area contributed by atoms with Crippen LogP contribution in [0.25, 0.3) is 55.3 Å². The molecule has 11 rings (SSSR count). The Morgan fingerprint density at radius 3 is 1.56 bits per heavy atom. The first-order valence-corrected chi connectivity index (χ1v) is 19.6. The molecule has 0 saturated heterocycles. The lowest BCUT2D eigenvalue weighted by Crippen LogP contribution is -2.28. The van der Waals surface area contributed by atoms with E-state index in [1.807, 2.05) is 0 Å². The molecular formula is C55H37NO. The first-order chi connectivity index (χ1) is 28.3. The number of furan rings is 1. The number of hydrogen-bond donors (Lipinski definition) is 0. The molecule has 0 radical (unpaired) electrons. The normalized spacial score (nSPS) is 12.7. The SMILES string of the molecule is c1ccc(-c2ccc(N(c3cccc(C4(c5ccccc5)c5ccccc5-c5ccccc54)c3)c3ccc4oc5cccc(-c6ccccc6)c5c4c3)cc2)cc1. The fraction of sp³-hybridized carbons (Fsp3) is 0.0182. The van der Waals surface area contributed by atoms with Gasteiger partial charge >= 0.3 is 0 Å². The molecular weight excluding hydrogens is 691 g/mol. The highest BCUT2D eigenvalue weighted by molar-refractivity contribution is 6.13. The lowest BCUT2D eigenvalue weighted by molar-refractivity contribution is 0.669. The van der Waals surface area contributed by atoms with Crippen molar-refractivity contribution in [3.05, 3.63) is 247 Å². The number of nitrogens with zero attached hydrogens (tertiary/aromatic N) is 1. The Bertz CT molecular complexity index is 3010. The summed E-state index contributed by atoms with van der Waals surface area (Å²) in [5.41, 5.74) is 16.8. The van der Waals surface area contributed by atoms with Gasteiger partial charge in [-0.05, 0) is 104 Å². The van der Waals surface area contributed by atoms with Crippen molar-refractivity contribution >= 4 is 39.0 Å². The van der Waals surface area contributed by atoms with Crippen LogP contribution >= 0.6 is 0 Å². The first-order valence-electron chi connectivity index (χ1n) is 19.6. The van der Waals surface area contributed by atoms with Crippen molar-refractivity contribution in [3.8, 4) is 33.4 Å². The molecule has 0 bridgehead atoms. The summed E-state index contributed by atoms with van der Waals surface area (Å²) in [4.78, 5) is 2.40. The van der Waals surface area contributed by atoms with Gasteiger partial charge in [-0.25, -0.2) is 0 Å². The summed E-state index contributed by atoms with van der Waals surface area (Å²) >= 11 is 0. The van der Waals surface area contributed by atoms with E-state index in [9.17, 15) is 0 Å². The first kappa shape index (κ1) is 33.0. The maximum atomic E-state index is 6.52. The van der Waals surface area contributed by atoms with E-state index in [0.29, 0.717) is 0 Å². The van der Waals surface area contributed by atoms with Crippen LogP contribution in [0.4, 0.5) is 17.1 Å². The monoisotopic (exact) mass is 727 g/mol. The van der Waals surface area contributed by atoms with Crippen molar-refractivity contribution < 1.29 is 4.42 Å². The van der Waals surface area contributed by atoms with Gasteiger partial charge in [-0.15, -0.1) is 0 Å². The molecule has 0 aliphatic heterocycles. The maximum absolute atomic E-state index is 6.52. The summed E-state index contributed by atoms with van der Waals surface area (Å²) in [6, 6.07) is 81.2. The van der Waals surface area contributed by atoms with Gasteiger partial charge in [-0.1, -0.05) is 176 Å². The van der Waals surface area contributed by atoms with Crippen LogP contribution in [0, 0.1) is 0 Å². The van der Waals surface area contributed by atoms with Crippen molar-refractivity contribution in [1.29, 1.82) is 0 Å². The number of anilines is 3. The third kappa shape index (κ3) is 5.26. The Hall–Kier alpha value is -7.42. The van der Waals surface area contributed by atoms with E-state index in [2.05, 4.69) is 229 Å². The molecule has 2 heteroatoms. The second-order valence-corrected chi connectivity index (χ2v) is 14.8. The van der Waals surface area contributed by atoms with E-state index in [4.69, 9.17) is 4.42 Å². The highest BCUT2D eigenvalue weighted by Gasteiger charge is 2.46. The zero-order valence-corrected chi connectivity index (χ0v) is 31.2. The van der Waals surface area contributed by atoms with Crippen LogP contribution in [0.5, 0.6) is 0 Å². The zero-order valence-electron chi connectivity index (χ0n) is 31.2. The van der Waals surface area contributed by atoms with Gasteiger partial charge in [0.15, 0.2) is 0 Å². The minimum atomic E-state index is -0.511. The minimum Gasteiger partial charge on any atom is -0.456 e. The molecule has 0 amide bonds. The number of fused-ring (bicyclic) bond motifs is 6. The van der Waals surface area contributed by atoms with Gasteiger partial charge in [0.25, 0.3) is 0 Å². The lowest BCUT2D eigenvalue weighted by Gasteiger charge is -2.35. The van der Waals surface area contributed by atoms with E-state index >= 15 is 0 Å². The fourth-order valence-corrected chi connectivity index (χ4v) is 9.28. The van der Waals surface area contributed by atoms with Crippen molar-refractivity contribution in [2.75, 3.05) is 4.90 Å². The predicted molar refractivity (Wildman–Crippen MR) is 237 cm³/mol. The molecule has 57 heavy (non-hydrogen) atoms. The Morgan fingerprint density at radius 2 is 0.860 bits per heavy atom. The molecule has 268 valence electrons. The molecule has 0 saturated carbocycles. The third-order valence-corrected chi connectivity index (χ3v) is 11.8. The maximum Gasteiger partial charge on any atom is 0.136 e. The predicted octanol–water partition coefficient (Wildman–Crippen LogP) is 14.8. The summed E-state index contributed by atoms with van der Waals surface area (Å²) in [6.07, 6.45) is 0. The number of rotatable bonds is 7. The number of hydrogen-bond acceptors (Lipinski definition) is 2. The average molecular weight is 728 g/mol. The van der Waals surface area contributed by atoms with Crippen LogP contribution in [0.2, 0.25) is 0 Å². The average Bonchev–Trinajstić information content (AvgIpc) is 3.82. The van der Waals surface area contributed by atoms with Gasteiger partial charge in [-0.3, -0.25) is 0 Å². The van der Waals surface area contributed by atoms with Crippen molar-refractivity contribution in [3.63, 3.8) is 0 Å². The van der Waals surface area contributed by atoms with E-state index in [0.717, 1.165) is 44.6 Å². The molecule has 0 atom stereocenters. The largest absolute Gasteiger partial charge is 0.456 e. The zero-order chi connectivity index (χ0) is 37.8. The Morgan fingerprint density at radius 1 is 0.333 bits per heavy atom. The van der Waals surface area contributed by atoms with Crippen LogP contribution < -0.4 is 4.90 Å². The molecule has 10 aromatic rings. The molecule has 0 unspecified atom stereocenters. The smallest absolute Gasteiger partial charge is 0.136 e. The van der Waals surface area contributed by atoms with Gasteiger partial charge in [0.05, 0.1) is 5.41 Å². The molecule has 0 N–H and O–H groups in total. The molecule has 9 aromatic carbocycles. The molecule has 1 heterocycles. The van der Waals surface area contributed by atoms with Gasteiger partial charge < -0.3 is 9.32 Å². The quantitative estimate of drug-likeness (QED) is 0.163. The fourth-order valence-electron chi connectivity index (χ4n) is 9.28. The van der Waals surface area contributed by atoms with Crippen LogP contribution in [0.1, 0.15) is 22.3 Å². The van der Waals surface area contributed by atoms with Crippen LogP contribution in [-0.4, -0.2) is 0 Å². The van der Waals surface area contributed by atoms with Crippen LogP contribution in [0.3, 0.4) is 0 Å². The number of benzene rings is 9. The second kappa shape index (κ2) is 13.4. The highest BCUT2D eigenvalue weighted by Crippen LogP contribution is 2.56. The van der Waals surface area contributed by atoms with E-state index < -0.39 is 5.41 Å². The molecule has 1 aliphatic carbocycles. The van der Waals surface area contributed by atoms with Gasteiger partial charge in [-0.2, -0.15) is 0 Å². The van der Waals surface area contributed by atoms with E-state index in [1.54, 1.807) is 0 Å². The summed E-state index contributed by atoms with van der Waals surface area (Å²) in [7, 11) is 0. The van der Waals surface area contributed by atoms with Crippen LogP contribution in [-0.2, 0) is 5.41 Å². The summed E-state index contributed by atoms with van der Waals surface area (Å²) in [5.74, 6) is 0. The van der Waals surface area contributed by atoms with E-state index in [1.165, 1.54) is 50.1 Å². The Labute approximate surface area is 332 Å². The van der Waals surface area contributed by atoms with Gasteiger partial charge in [0.2, 0.25) is 0 Å². The Kier molecular flexibility index (Phi) is 7.75. The minimum absolute atomic E-state index is 0.511. The van der Waals surface area contributed by atoms with Crippen molar-refractivity contribution in [2.45, 2.75) is 5.41 Å². The second-order valence-electron chi connectivity index (χ2n) is 14.8. The van der Waals surface area contributed by atoms with Gasteiger partial charge in [0.1, 0.15) is 11.2 Å². The van der Waals surface area contributed by atoms with Crippen LogP contribution in [0.15, 0.2) is 229 Å². The third-order valence-electron chi connectivity index (χ3n) is 11.8.